The topological polar surface area (TPSA) is 111 Å². The second kappa shape index (κ2) is 52.5. The number of rotatable bonds is 51. The van der Waals surface area contributed by atoms with Crippen LogP contribution < -0.4 is 4.89 Å². The monoisotopic (exact) mass is 1020 g/mol. The van der Waals surface area contributed by atoms with Gasteiger partial charge in [-0.1, -0.05) is 213 Å². The Labute approximate surface area is 442 Å². The molecule has 0 aromatic heterocycles. The van der Waals surface area contributed by atoms with E-state index in [9.17, 15) is 19.0 Å². The van der Waals surface area contributed by atoms with Crippen molar-refractivity contribution >= 4 is 19.8 Å². The van der Waals surface area contributed by atoms with Crippen molar-refractivity contribution in [3.63, 3.8) is 0 Å². The van der Waals surface area contributed by atoms with Gasteiger partial charge in [0.1, 0.15) is 19.8 Å². The molecule has 0 amide bonds. The lowest BCUT2D eigenvalue weighted by Crippen LogP contribution is -2.37. The Balaban J connectivity index is 4.24. The Kier molecular flexibility index (Phi) is 50.1. The van der Waals surface area contributed by atoms with Gasteiger partial charge in [-0.15, -0.1) is 0 Å². The number of esters is 2. The van der Waals surface area contributed by atoms with Crippen LogP contribution in [0.25, 0.3) is 0 Å². The quantitative estimate of drug-likeness (QED) is 0.0195. The summed E-state index contributed by atoms with van der Waals surface area (Å²) >= 11 is 0. The number of hydrogen-bond acceptors (Lipinski definition) is 8. The van der Waals surface area contributed by atoms with E-state index >= 15 is 0 Å². The molecule has 0 aromatic carbocycles. The van der Waals surface area contributed by atoms with Gasteiger partial charge in [0, 0.05) is 12.8 Å². The number of quaternary nitrogens is 1. The summed E-state index contributed by atoms with van der Waals surface area (Å²) in [6.07, 6.45) is 72.7. The second-order valence-corrected chi connectivity index (χ2v) is 21.3. The van der Waals surface area contributed by atoms with E-state index in [0.29, 0.717) is 17.4 Å². The van der Waals surface area contributed by atoms with E-state index in [1.165, 1.54) is 64.2 Å². The fourth-order valence-electron chi connectivity index (χ4n) is 7.37. The van der Waals surface area contributed by atoms with Gasteiger partial charge in [-0.3, -0.25) is 14.2 Å². The lowest BCUT2D eigenvalue weighted by Gasteiger charge is -2.28. The molecule has 0 saturated carbocycles. The number of hydrogen-bond donors (Lipinski definition) is 0. The first-order chi connectivity index (χ1) is 35.0. The lowest BCUT2D eigenvalue weighted by atomic mass is 10.1. The van der Waals surface area contributed by atoms with Crippen LogP contribution in [-0.4, -0.2) is 70.0 Å². The van der Waals surface area contributed by atoms with Crippen molar-refractivity contribution in [3.8, 4) is 0 Å². The fourth-order valence-corrected chi connectivity index (χ4v) is 8.10. The second-order valence-electron chi connectivity index (χ2n) is 19.9. The first-order valence-corrected chi connectivity index (χ1v) is 30.1. The number of carbonyl (C=O) groups is 2. The first kappa shape index (κ1) is 68.7. The maximum absolute atomic E-state index is 12.8. The number of ether oxygens (including phenoxy) is 2. The van der Waals surface area contributed by atoms with Crippen molar-refractivity contribution in [3.05, 3.63) is 109 Å². The normalized spacial score (nSPS) is 14.1. The highest BCUT2D eigenvalue weighted by Crippen LogP contribution is 2.38. The fraction of sp³-hybridized carbons (Fsp3) is 0.677. The maximum atomic E-state index is 12.8. The predicted octanol–water partition coefficient (Wildman–Crippen LogP) is 17.2. The summed E-state index contributed by atoms with van der Waals surface area (Å²) in [5.74, 6) is -0.861. The van der Waals surface area contributed by atoms with Crippen molar-refractivity contribution in [2.24, 2.45) is 0 Å². The largest absolute Gasteiger partial charge is 0.756 e. The molecule has 0 spiro atoms. The van der Waals surface area contributed by atoms with Gasteiger partial charge in [0.2, 0.25) is 0 Å². The number of allylic oxidation sites excluding steroid dienone is 18. The molecule has 0 aliphatic carbocycles. The third-order valence-electron chi connectivity index (χ3n) is 11.8. The Hall–Kier alpha value is -3.33. The molecular formula is C62H106NO8P. The number of likely N-dealkylation sites (N-methyl/N-ethyl adjacent to an activating group) is 1. The summed E-state index contributed by atoms with van der Waals surface area (Å²) < 4.78 is 34.1. The van der Waals surface area contributed by atoms with E-state index in [2.05, 4.69) is 123 Å². The van der Waals surface area contributed by atoms with Crippen molar-refractivity contribution in [2.45, 2.75) is 225 Å². The van der Waals surface area contributed by atoms with E-state index in [1.54, 1.807) is 0 Å². The van der Waals surface area contributed by atoms with Gasteiger partial charge in [-0.2, -0.15) is 0 Å². The van der Waals surface area contributed by atoms with E-state index in [4.69, 9.17) is 18.5 Å². The highest BCUT2D eigenvalue weighted by molar-refractivity contribution is 7.45. The summed E-state index contributed by atoms with van der Waals surface area (Å²) in [6, 6.07) is 0. The van der Waals surface area contributed by atoms with Crippen LogP contribution in [-0.2, 0) is 32.7 Å². The number of nitrogens with zero attached hydrogens (tertiary/aromatic N) is 1. The first-order valence-electron chi connectivity index (χ1n) is 28.6. The molecule has 0 rings (SSSR count). The predicted molar refractivity (Wildman–Crippen MR) is 305 cm³/mol. The minimum atomic E-state index is -4.65. The molecule has 2 atom stereocenters. The minimum absolute atomic E-state index is 0.0401. The Morgan fingerprint density at radius 1 is 0.444 bits per heavy atom. The van der Waals surface area contributed by atoms with E-state index in [0.717, 1.165) is 122 Å². The van der Waals surface area contributed by atoms with E-state index < -0.39 is 32.5 Å². The minimum Gasteiger partial charge on any atom is -0.756 e. The average Bonchev–Trinajstić information content (AvgIpc) is 3.34. The standard InChI is InChI=1S/C62H106NO8P/c1-6-8-10-12-14-16-18-20-22-24-25-26-27-28-29-30-31-32-33-34-35-36-37-39-41-43-45-47-49-51-53-55-62(65)71-60(59-70-72(66,67)69-57-56-63(3,4)5)58-68-61(64)54-52-50-48-46-44-42-40-38-23-21-19-17-15-13-11-9-7-2/h8,10,14,16,20-23,25-26,28-29,31-32,34-35,37,39,60H,6-7,9,11-13,15,17-19,24,27,30,33,36,38,40-59H2,1-5H3/b10-8-,16-14-,22-20-,23-21-,26-25-,29-28-,32-31-,35-34-,39-37-. The summed E-state index contributed by atoms with van der Waals surface area (Å²) in [4.78, 5) is 37.8. The Bertz CT molecular complexity index is 1580. The van der Waals surface area contributed by atoms with Crippen LogP contribution in [0.2, 0.25) is 0 Å². The summed E-state index contributed by atoms with van der Waals surface area (Å²) in [5.41, 5.74) is 0. The van der Waals surface area contributed by atoms with Gasteiger partial charge in [0.15, 0.2) is 6.10 Å². The van der Waals surface area contributed by atoms with Crippen LogP contribution in [0.15, 0.2) is 109 Å². The molecule has 0 saturated heterocycles. The van der Waals surface area contributed by atoms with Gasteiger partial charge < -0.3 is 27.9 Å². The van der Waals surface area contributed by atoms with Crippen molar-refractivity contribution < 1.29 is 42.1 Å². The SMILES string of the molecule is CC/C=C\C/C=C\C/C=C\C/C=C\C/C=C\C/C=C\C/C=C\C/C=C\CCCCCCCCC(=O)OC(COC(=O)CCCCCCCCC/C=C\CCCCCCCC)COP(=O)([O-])OCC[N+](C)(C)C. The molecular weight excluding hydrogens is 918 g/mol. The molecule has 0 aliphatic rings. The van der Waals surface area contributed by atoms with Crippen molar-refractivity contribution in [2.75, 3.05) is 47.5 Å². The summed E-state index contributed by atoms with van der Waals surface area (Å²) in [5, 5.41) is 0. The van der Waals surface area contributed by atoms with Crippen LogP contribution >= 0.6 is 7.82 Å². The van der Waals surface area contributed by atoms with Crippen LogP contribution in [0.5, 0.6) is 0 Å². The van der Waals surface area contributed by atoms with Crippen LogP contribution in [0.3, 0.4) is 0 Å². The number of phosphoric acid groups is 1. The van der Waals surface area contributed by atoms with Crippen LogP contribution in [0, 0.1) is 0 Å². The molecule has 0 radical (unpaired) electrons. The number of phosphoric ester groups is 1. The zero-order valence-corrected chi connectivity index (χ0v) is 47.5. The zero-order chi connectivity index (χ0) is 52.7. The van der Waals surface area contributed by atoms with E-state index in [-0.39, 0.29) is 26.1 Å². The third kappa shape index (κ3) is 56.0. The maximum Gasteiger partial charge on any atom is 0.306 e. The molecule has 2 unspecified atom stereocenters. The molecule has 0 bridgehead atoms. The summed E-state index contributed by atoms with van der Waals surface area (Å²) in [6.45, 7) is 4.09. The Morgan fingerprint density at radius 2 is 0.792 bits per heavy atom. The van der Waals surface area contributed by atoms with Gasteiger partial charge >= 0.3 is 11.9 Å². The number of unbranched alkanes of at least 4 members (excludes halogenated alkanes) is 19. The van der Waals surface area contributed by atoms with E-state index in [1.807, 2.05) is 21.1 Å². The van der Waals surface area contributed by atoms with Gasteiger partial charge in [-0.05, 0) is 103 Å². The number of carbonyl (C=O) groups excluding carboxylic acids is 2. The Morgan fingerprint density at radius 3 is 1.19 bits per heavy atom. The molecule has 0 fully saturated rings. The van der Waals surface area contributed by atoms with Crippen molar-refractivity contribution in [1.82, 2.24) is 0 Å². The molecule has 72 heavy (non-hydrogen) atoms. The highest BCUT2D eigenvalue weighted by Gasteiger charge is 2.21. The van der Waals surface area contributed by atoms with Crippen LogP contribution in [0.1, 0.15) is 219 Å². The van der Waals surface area contributed by atoms with Gasteiger partial charge in [-0.25, -0.2) is 0 Å². The van der Waals surface area contributed by atoms with Gasteiger partial charge in [0.25, 0.3) is 7.82 Å². The zero-order valence-electron chi connectivity index (χ0n) is 46.6. The average molecular weight is 1020 g/mol. The third-order valence-corrected chi connectivity index (χ3v) is 12.7. The molecule has 0 aliphatic heterocycles. The molecule has 412 valence electrons. The van der Waals surface area contributed by atoms with Gasteiger partial charge in [0.05, 0.1) is 27.7 Å². The van der Waals surface area contributed by atoms with Crippen molar-refractivity contribution in [1.29, 1.82) is 0 Å². The molecule has 0 heterocycles. The van der Waals surface area contributed by atoms with Crippen LogP contribution in [0.4, 0.5) is 0 Å². The lowest BCUT2D eigenvalue weighted by molar-refractivity contribution is -0.870. The molecule has 10 heteroatoms. The molecule has 0 aromatic rings. The smallest absolute Gasteiger partial charge is 0.306 e. The molecule has 0 N–H and O–H groups in total. The summed E-state index contributed by atoms with van der Waals surface area (Å²) in [7, 11) is 1.14. The highest BCUT2D eigenvalue weighted by atomic mass is 31.2. The molecule has 9 nitrogen and oxygen atoms in total.